The van der Waals surface area contributed by atoms with Crippen LogP contribution < -0.4 is 4.74 Å². The molecule has 5 heteroatoms. The number of rotatable bonds is 3. The summed E-state index contributed by atoms with van der Waals surface area (Å²) in [5.74, 6) is 2.10. The van der Waals surface area contributed by atoms with Crippen LogP contribution in [0, 0.1) is 0 Å². The zero-order valence-corrected chi connectivity index (χ0v) is 13.5. The summed E-state index contributed by atoms with van der Waals surface area (Å²) in [5, 5.41) is 0. The lowest BCUT2D eigenvalue weighted by Crippen LogP contribution is -2.28. The monoisotopic (exact) mass is 321 g/mol. The lowest BCUT2D eigenvalue weighted by atomic mass is 10.1. The number of fused-ring (bicyclic) bond motifs is 1. The molecule has 3 aromatic rings. The van der Waals surface area contributed by atoms with E-state index in [0.717, 1.165) is 41.1 Å². The van der Waals surface area contributed by atoms with Crippen molar-refractivity contribution in [3.8, 4) is 5.75 Å². The number of methoxy groups -OCH3 is 1. The molecule has 24 heavy (non-hydrogen) atoms. The predicted molar refractivity (Wildman–Crippen MR) is 92.3 cm³/mol. The number of ether oxygens (including phenoxy) is 1. The minimum atomic E-state index is 0.0934. The number of hydrogen-bond donors (Lipinski definition) is 1. The number of nitrogens with zero attached hydrogens (tertiary/aromatic N) is 2. The number of likely N-dealkylation sites (tertiary alicyclic amines) is 1. The van der Waals surface area contributed by atoms with E-state index in [2.05, 4.69) is 9.97 Å². The van der Waals surface area contributed by atoms with E-state index in [0.29, 0.717) is 6.54 Å². The van der Waals surface area contributed by atoms with E-state index >= 15 is 0 Å². The van der Waals surface area contributed by atoms with Gasteiger partial charge in [-0.25, -0.2) is 4.98 Å². The highest BCUT2D eigenvalue weighted by atomic mass is 16.5. The second-order valence-corrected chi connectivity index (χ2v) is 6.11. The van der Waals surface area contributed by atoms with E-state index in [4.69, 9.17) is 4.74 Å². The number of carbonyl (C=O) groups excluding carboxylic acids is 1. The van der Waals surface area contributed by atoms with Crippen LogP contribution in [0.3, 0.4) is 0 Å². The molecule has 0 aliphatic carbocycles. The van der Waals surface area contributed by atoms with E-state index in [1.165, 1.54) is 0 Å². The molecule has 5 nitrogen and oxygen atoms in total. The maximum Gasteiger partial charge on any atom is 0.253 e. The third kappa shape index (κ3) is 2.62. The number of nitrogens with one attached hydrogen (secondary N) is 1. The molecule has 4 rings (SSSR count). The smallest absolute Gasteiger partial charge is 0.253 e. The van der Waals surface area contributed by atoms with Crippen molar-refractivity contribution < 1.29 is 9.53 Å². The lowest BCUT2D eigenvalue weighted by molar-refractivity contribution is 0.0790. The Bertz CT molecular complexity index is 873. The Balaban J connectivity index is 1.53. The van der Waals surface area contributed by atoms with Crippen LogP contribution in [0.1, 0.15) is 28.5 Å². The number of aromatic amines is 1. The molecule has 1 atom stereocenters. The third-order valence-electron chi connectivity index (χ3n) is 4.59. The van der Waals surface area contributed by atoms with Gasteiger partial charge in [0.25, 0.3) is 5.91 Å². The summed E-state index contributed by atoms with van der Waals surface area (Å²) in [7, 11) is 1.66. The third-order valence-corrected chi connectivity index (χ3v) is 4.59. The Morgan fingerprint density at radius 1 is 1.25 bits per heavy atom. The quantitative estimate of drug-likeness (QED) is 0.806. The normalized spacial score (nSPS) is 17.4. The molecule has 2 aromatic carbocycles. The Labute approximate surface area is 140 Å². The second kappa shape index (κ2) is 6.00. The van der Waals surface area contributed by atoms with Crippen molar-refractivity contribution in [1.82, 2.24) is 14.9 Å². The van der Waals surface area contributed by atoms with Crippen molar-refractivity contribution in [1.29, 1.82) is 0 Å². The number of benzene rings is 2. The van der Waals surface area contributed by atoms with Gasteiger partial charge in [-0.3, -0.25) is 4.79 Å². The van der Waals surface area contributed by atoms with Gasteiger partial charge in [0.2, 0.25) is 0 Å². The van der Waals surface area contributed by atoms with Gasteiger partial charge in [-0.05, 0) is 30.7 Å². The summed E-state index contributed by atoms with van der Waals surface area (Å²) < 4.78 is 5.25. The molecule has 0 saturated carbocycles. The largest absolute Gasteiger partial charge is 0.497 e. The van der Waals surface area contributed by atoms with Gasteiger partial charge in [0.1, 0.15) is 11.6 Å². The van der Waals surface area contributed by atoms with Gasteiger partial charge in [-0.15, -0.1) is 0 Å². The van der Waals surface area contributed by atoms with Crippen LogP contribution in [-0.2, 0) is 0 Å². The Morgan fingerprint density at radius 2 is 2.08 bits per heavy atom. The Morgan fingerprint density at radius 3 is 2.88 bits per heavy atom. The summed E-state index contributed by atoms with van der Waals surface area (Å²) in [4.78, 5) is 22.5. The first-order valence-electron chi connectivity index (χ1n) is 8.12. The Kier molecular flexibility index (Phi) is 3.69. The van der Waals surface area contributed by atoms with Crippen molar-refractivity contribution in [2.75, 3.05) is 20.2 Å². The highest BCUT2D eigenvalue weighted by Crippen LogP contribution is 2.29. The van der Waals surface area contributed by atoms with Gasteiger partial charge in [0, 0.05) is 30.6 Å². The van der Waals surface area contributed by atoms with Gasteiger partial charge in [0.05, 0.1) is 18.1 Å². The summed E-state index contributed by atoms with van der Waals surface area (Å²) in [5.41, 5.74) is 2.64. The lowest BCUT2D eigenvalue weighted by Gasteiger charge is -2.16. The van der Waals surface area contributed by atoms with Crippen LogP contribution in [0.15, 0.2) is 48.5 Å². The second-order valence-electron chi connectivity index (χ2n) is 6.11. The predicted octanol–water partition coefficient (Wildman–Crippen LogP) is 3.20. The van der Waals surface area contributed by atoms with E-state index in [-0.39, 0.29) is 11.8 Å². The SMILES string of the molecule is COc1ccc2nc(C3CCN(C(=O)c4ccccc4)C3)[nH]c2c1. The van der Waals surface area contributed by atoms with Crippen LogP contribution in [-0.4, -0.2) is 41.0 Å². The van der Waals surface area contributed by atoms with Gasteiger partial charge < -0.3 is 14.6 Å². The number of aromatic nitrogens is 2. The number of imidazole rings is 1. The molecule has 1 aromatic heterocycles. The van der Waals surface area contributed by atoms with Gasteiger partial charge >= 0.3 is 0 Å². The number of hydrogen-bond acceptors (Lipinski definition) is 3. The maximum atomic E-state index is 12.6. The van der Waals surface area contributed by atoms with Crippen molar-refractivity contribution in [3.05, 3.63) is 59.9 Å². The van der Waals surface area contributed by atoms with Crippen LogP contribution in [0.4, 0.5) is 0 Å². The van der Waals surface area contributed by atoms with Crippen LogP contribution in [0.25, 0.3) is 11.0 Å². The summed E-state index contributed by atoms with van der Waals surface area (Å²) in [6.45, 7) is 1.46. The molecule has 1 fully saturated rings. The van der Waals surface area contributed by atoms with Crippen LogP contribution in [0.2, 0.25) is 0 Å². The molecule has 122 valence electrons. The van der Waals surface area contributed by atoms with E-state index in [1.807, 2.05) is 53.4 Å². The van der Waals surface area contributed by atoms with Gasteiger partial charge in [-0.1, -0.05) is 18.2 Å². The highest BCUT2D eigenvalue weighted by molar-refractivity contribution is 5.94. The topological polar surface area (TPSA) is 58.2 Å². The van der Waals surface area contributed by atoms with Gasteiger partial charge in [0.15, 0.2) is 0 Å². The summed E-state index contributed by atoms with van der Waals surface area (Å²) >= 11 is 0. The molecule has 1 N–H and O–H groups in total. The zero-order chi connectivity index (χ0) is 16.5. The van der Waals surface area contributed by atoms with Crippen molar-refractivity contribution in [3.63, 3.8) is 0 Å². The average Bonchev–Trinajstić information content (AvgIpc) is 3.27. The molecule has 0 spiro atoms. The number of carbonyl (C=O) groups is 1. The minimum absolute atomic E-state index is 0.0934. The molecule has 1 saturated heterocycles. The minimum Gasteiger partial charge on any atom is -0.497 e. The molecular weight excluding hydrogens is 302 g/mol. The summed E-state index contributed by atoms with van der Waals surface area (Å²) in [6.07, 6.45) is 0.926. The van der Waals surface area contributed by atoms with Gasteiger partial charge in [-0.2, -0.15) is 0 Å². The van der Waals surface area contributed by atoms with E-state index in [9.17, 15) is 4.79 Å². The molecule has 2 heterocycles. The first kappa shape index (κ1) is 14.8. The molecule has 1 aliphatic heterocycles. The fourth-order valence-electron chi connectivity index (χ4n) is 3.26. The zero-order valence-electron chi connectivity index (χ0n) is 13.5. The fourth-order valence-corrected chi connectivity index (χ4v) is 3.26. The molecular formula is C19H19N3O2. The maximum absolute atomic E-state index is 12.6. The van der Waals surface area contributed by atoms with Crippen LogP contribution in [0.5, 0.6) is 5.75 Å². The molecule has 0 radical (unpaired) electrons. The van der Waals surface area contributed by atoms with Crippen molar-refractivity contribution >= 4 is 16.9 Å². The number of H-pyrrole nitrogens is 1. The Hall–Kier alpha value is -2.82. The van der Waals surface area contributed by atoms with E-state index in [1.54, 1.807) is 7.11 Å². The average molecular weight is 321 g/mol. The molecule has 0 bridgehead atoms. The highest BCUT2D eigenvalue weighted by Gasteiger charge is 2.29. The summed E-state index contributed by atoms with van der Waals surface area (Å²) in [6, 6.07) is 15.3. The molecule has 1 amide bonds. The van der Waals surface area contributed by atoms with Crippen LogP contribution >= 0.6 is 0 Å². The van der Waals surface area contributed by atoms with E-state index < -0.39 is 0 Å². The number of amides is 1. The standard InChI is InChI=1S/C19H19N3O2/c1-24-15-7-8-16-17(11-15)21-18(20-16)14-9-10-22(12-14)19(23)13-5-3-2-4-6-13/h2-8,11,14H,9-10,12H2,1H3,(H,20,21). The molecule has 1 unspecified atom stereocenters. The van der Waals surface area contributed by atoms with Crippen molar-refractivity contribution in [2.45, 2.75) is 12.3 Å². The fraction of sp³-hybridized carbons (Fsp3) is 0.263. The first-order valence-corrected chi connectivity index (χ1v) is 8.12. The molecule has 1 aliphatic rings. The first-order chi connectivity index (χ1) is 11.7. The van der Waals surface area contributed by atoms with Crippen molar-refractivity contribution in [2.24, 2.45) is 0 Å².